The minimum Gasteiger partial charge on any atom is -0.464 e. The number of hydrogen-bond donors (Lipinski definition) is 3. The van der Waals surface area contributed by atoms with Gasteiger partial charge in [0.2, 0.25) is 0 Å². The topological polar surface area (TPSA) is 158 Å². The van der Waals surface area contributed by atoms with Gasteiger partial charge in [0.05, 0.1) is 19.8 Å². The van der Waals surface area contributed by atoms with Crippen LogP contribution in [0, 0.1) is 5.92 Å². The Kier molecular flexibility index (Phi) is 7.72. The van der Waals surface area contributed by atoms with E-state index in [0.29, 0.717) is 5.56 Å². The van der Waals surface area contributed by atoms with E-state index in [1.165, 1.54) is 12.3 Å². The summed E-state index contributed by atoms with van der Waals surface area (Å²) in [6.07, 6.45) is -3.09. The number of aromatic amines is 1. The Hall–Kier alpha value is -2.83. The number of H-pyrrole nitrogens is 1. The van der Waals surface area contributed by atoms with Crippen molar-refractivity contribution >= 4 is 13.7 Å². The van der Waals surface area contributed by atoms with Gasteiger partial charge in [0.25, 0.3) is 5.56 Å². The van der Waals surface area contributed by atoms with E-state index in [4.69, 9.17) is 18.5 Å². The Balaban J connectivity index is 1.47. The van der Waals surface area contributed by atoms with Crippen LogP contribution in [0.5, 0.6) is 5.75 Å². The van der Waals surface area contributed by atoms with E-state index < -0.39 is 61.6 Å². The van der Waals surface area contributed by atoms with Crippen LogP contribution in [-0.2, 0) is 29.9 Å². The molecule has 0 bridgehead atoms. The lowest BCUT2D eigenvalue weighted by Gasteiger charge is -2.31. The first-order valence-electron chi connectivity index (χ1n) is 11.7. The zero-order valence-electron chi connectivity index (χ0n) is 20.5. The Morgan fingerprint density at radius 2 is 2.03 bits per heavy atom. The molecule has 1 saturated heterocycles. The minimum absolute atomic E-state index is 0.0815. The summed E-state index contributed by atoms with van der Waals surface area (Å²) in [5, 5.41) is 13.1. The number of nitrogens with zero attached hydrogens (tertiary/aromatic N) is 1. The summed E-state index contributed by atoms with van der Waals surface area (Å²) in [5.41, 5.74) is -3.28. The standard InChI is InChI=1S/C23H29FN3O9P/c1-13(2)11-33-21(30)19-14-6-4-5-7-15(14)36-37(32,26-19)34-12-16-20(29)23(3,24)17(35-16)10-27-9-8-18(28)25-22(27)31/h4-9,13,16-17,19-20,29H,10-12H2,1-3H3,(H,26,32)(H,25,28,31)/t16-,17?,19?,20-,23+,37?/m1/s1. The summed E-state index contributed by atoms with van der Waals surface area (Å²) < 4.78 is 51.8. The minimum atomic E-state index is -4.18. The molecule has 2 aromatic rings. The number of benzene rings is 1. The van der Waals surface area contributed by atoms with Crippen LogP contribution in [0.15, 0.2) is 46.1 Å². The SMILES string of the molecule is CC(C)COC(=O)C1NP(=O)(OC[C@H]2OC(Cn3ccc(=O)[nH]c3=O)[C@](C)(F)[C@@H]2O)Oc2ccccc21. The van der Waals surface area contributed by atoms with Crippen LogP contribution >= 0.6 is 7.75 Å². The first-order valence-corrected chi connectivity index (χ1v) is 13.2. The van der Waals surface area contributed by atoms with Gasteiger partial charge in [-0.05, 0) is 18.9 Å². The molecule has 3 N–H and O–H groups in total. The third-order valence-corrected chi connectivity index (χ3v) is 7.60. The molecule has 1 aromatic carbocycles. The zero-order valence-corrected chi connectivity index (χ0v) is 21.4. The summed E-state index contributed by atoms with van der Waals surface area (Å²) in [7, 11) is -4.18. The van der Waals surface area contributed by atoms with Gasteiger partial charge in [0, 0.05) is 17.8 Å². The van der Waals surface area contributed by atoms with Crippen LogP contribution in [0.4, 0.5) is 4.39 Å². The van der Waals surface area contributed by atoms with Crippen molar-refractivity contribution in [3.05, 3.63) is 62.9 Å². The van der Waals surface area contributed by atoms with E-state index >= 15 is 4.39 Å². The van der Waals surface area contributed by atoms with Crippen molar-refractivity contribution in [3.63, 3.8) is 0 Å². The molecule has 1 fully saturated rings. The first-order chi connectivity index (χ1) is 17.4. The fourth-order valence-corrected chi connectivity index (χ4v) is 5.53. The second-order valence-electron chi connectivity index (χ2n) is 9.53. The lowest BCUT2D eigenvalue weighted by molar-refractivity contribution is -0.147. The number of aliphatic hydroxyl groups excluding tert-OH is 1. The lowest BCUT2D eigenvalue weighted by Crippen LogP contribution is -2.45. The summed E-state index contributed by atoms with van der Waals surface area (Å²) in [5.74, 6) is -0.444. The molecular formula is C23H29FN3O9P. The maximum Gasteiger partial charge on any atom is 0.459 e. The Bertz CT molecular complexity index is 1310. The fourth-order valence-electron chi connectivity index (χ4n) is 4.02. The molecule has 2 aliphatic heterocycles. The molecular weight excluding hydrogens is 512 g/mol. The zero-order chi connectivity index (χ0) is 27.0. The van der Waals surface area contributed by atoms with Crippen LogP contribution in [0.2, 0.25) is 0 Å². The number of alkyl halides is 1. The number of esters is 1. The summed E-state index contributed by atoms with van der Waals surface area (Å²) in [6, 6.07) is 6.41. The highest BCUT2D eigenvalue weighted by Crippen LogP contribution is 2.53. The van der Waals surface area contributed by atoms with Crippen molar-refractivity contribution < 1.29 is 37.4 Å². The predicted octanol–water partition coefficient (Wildman–Crippen LogP) is 1.44. The van der Waals surface area contributed by atoms with Crippen LogP contribution in [0.25, 0.3) is 0 Å². The van der Waals surface area contributed by atoms with Crippen LogP contribution in [0.3, 0.4) is 0 Å². The Labute approximate surface area is 211 Å². The van der Waals surface area contributed by atoms with Crippen LogP contribution < -0.4 is 20.9 Å². The summed E-state index contributed by atoms with van der Waals surface area (Å²) in [4.78, 5) is 38.1. The molecule has 0 saturated carbocycles. The molecule has 1 aromatic heterocycles. The normalized spacial score (nSPS) is 31.1. The smallest absolute Gasteiger partial charge is 0.459 e. The molecule has 37 heavy (non-hydrogen) atoms. The molecule has 0 spiro atoms. The van der Waals surface area contributed by atoms with Crippen molar-refractivity contribution in [2.24, 2.45) is 5.92 Å². The average Bonchev–Trinajstić information content (AvgIpc) is 3.05. The molecule has 14 heteroatoms. The van der Waals surface area contributed by atoms with Crippen LogP contribution in [-0.4, -0.2) is 57.8 Å². The fraction of sp³-hybridized carbons (Fsp3) is 0.522. The maximum atomic E-state index is 15.4. The summed E-state index contributed by atoms with van der Waals surface area (Å²) >= 11 is 0. The lowest BCUT2D eigenvalue weighted by atomic mass is 9.95. The molecule has 12 nitrogen and oxygen atoms in total. The van der Waals surface area contributed by atoms with E-state index in [1.807, 2.05) is 13.8 Å². The Morgan fingerprint density at radius 1 is 1.30 bits per heavy atom. The predicted molar refractivity (Wildman–Crippen MR) is 128 cm³/mol. The third kappa shape index (κ3) is 5.86. The molecule has 4 rings (SSSR count). The molecule has 3 heterocycles. The number of carbonyl (C=O) groups is 1. The van der Waals surface area contributed by atoms with Crippen molar-refractivity contribution in [3.8, 4) is 5.75 Å². The number of ether oxygens (including phenoxy) is 2. The number of para-hydroxylation sites is 1. The molecule has 6 atom stereocenters. The van der Waals surface area contributed by atoms with Gasteiger partial charge in [-0.25, -0.2) is 18.5 Å². The molecule has 2 aliphatic rings. The van der Waals surface area contributed by atoms with Crippen LogP contribution in [0.1, 0.15) is 32.4 Å². The second kappa shape index (κ2) is 10.5. The monoisotopic (exact) mass is 541 g/mol. The van der Waals surface area contributed by atoms with Crippen molar-refractivity contribution in [2.45, 2.75) is 57.3 Å². The Morgan fingerprint density at radius 3 is 2.73 bits per heavy atom. The van der Waals surface area contributed by atoms with Gasteiger partial charge in [0.15, 0.2) is 5.67 Å². The second-order valence-corrected chi connectivity index (χ2v) is 11.2. The maximum absolute atomic E-state index is 15.4. The van der Waals surface area contributed by atoms with Crippen molar-refractivity contribution in [1.82, 2.24) is 14.6 Å². The van der Waals surface area contributed by atoms with Gasteiger partial charge in [-0.15, -0.1) is 0 Å². The number of nitrogens with one attached hydrogen (secondary N) is 2. The molecule has 0 radical (unpaired) electrons. The summed E-state index contributed by atoms with van der Waals surface area (Å²) in [6.45, 7) is 4.14. The molecule has 202 valence electrons. The van der Waals surface area contributed by atoms with Gasteiger partial charge in [-0.3, -0.25) is 18.9 Å². The van der Waals surface area contributed by atoms with E-state index in [0.717, 1.165) is 17.6 Å². The van der Waals surface area contributed by atoms with Gasteiger partial charge >= 0.3 is 19.4 Å². The number of aliphatic hydroxyl groups is 1. The van der Waals surface area contributed by atoms with E-state index in [-0.39, 0.29) is 24.8 Å². The van der Waals surface area contributed by atoms with E-state index in [9.17, 15) is 24.1 Å². The van der Waals surface area contributed by atoms with Gasteiger partial charge in [-0.1, -0.05) is 32.0 Å². The number of halogens is 1. The number of aromatic nitrogens is 2. The average molecular weight is 541 g/mol. The van der Waals surface area contributed by atoms with Gasteiger partial charge in [0.1, 0.15) is 30.1 Å². The number of rotatable bonds is 8. The number of carbonyl (C=O) groups excluding carboxylic acids is 1. The van der Waals surface area contributed by atoms with Gasteiger partial charge in [-0.2, -0.15) is 5.09 Å². The molecule has 0 aliphatic carbocycles. The van der Waals surface area contributed by atoms with Crippen molar-refractivity contribution in [2.75, 3.05) is 13.2 Å². The number of fused-ring (bicyclic) bond motifs is 1. The molecule has 3 unspecified atom stereocenters. The first kappa shape index (κ1) is 27.2. The van der Waals surface area contributed by atoms with E-state index in [2.05, 4.69) is 10.1 Å². The highest BCUT2D eigenvalue weighted by atomic mass is 31.2. The highest BCUT2D eigenvalue weighted by Gasteiger charge is 2.55. The van der Waals surface area contributed by atoms with Gasteiger partial charge < -0.3 is 19.1 Å². The largest absolute Gasteiger partial charge is 0.464 e. The third-order valence-electron chi connectivity index (χ3n) is 6.10. The van der Waals surface area contributed by atoms with E-state index in [1.54, 1.807) is 18.2 Å². The molecule has 0 amide bonds. The highest BCUT2D eigenvalue weighted by molar-refractivity contribution is 7.52. The quantitative estimate of drug-likeness (QED) is 0.330. The van der Waals surface area contributed by atoms with Crippen molar-refractivity contribution in [1.29, 1.82) is 0 Å². The number of hydrogen-bond acceptors (Lipinski definition) is 9.